The van der Waals surface area contributed by atoms with Crippen molar-refractivity contribution in [2.75, 3.05) is 11.9 Å². The lowest BCUT2D eigenvalue weighted by Gasteiger charge is -2.16. The lowest BCUT2D eigenvalue weighted by Crippen LogP contribution is -2.30. The lowest BCUT2D eigenvalue weighted by atomic mass is 10.3. The number of azo groups is 1. The zero-order valence-corrected chi connectivity index (χ0v) is 13.1. The Kier molecular flexibility index (Phi) is 4.03. The van der Waals surface area contributed by atoms with Gasteiger partial charge in [-0.05, 0) is 48.6 Å². The second-order valence-corrected chi connectivity index (χ2v) is 5.37. The van der Waals surface area contributed by atoms with Crippen molar-refractivity contribution in [3.63, 3.8) is 0 Å². The third-order valence-corrected chi connectivity index (χ3v) is 3.92. The molecule has 0 spiro atoms. The molecule has 0 radical (unpaired) electrons. The average Bonchev–Trinajstić information content (AvgIpc) is 2.78. The number of phenolic OH excluding ortho intramolecular Hbond substituents is 1. The summed E-state index contributed by atoms with van der Waals surface area (Å²) in [5.41, 5.74) is 1.25. The Hall–Kier alpha value is -2.80. The van der Waals surface area contributed by atoms with E-state index in [0.717, 1.165) is 0 Å². The maximum absolute atomic E-state index is 12.6. The minimum Gasteiger partial charge on any atom is -0.508 e. The Morgan fingerprint density at radius 3 is 2.39 bits per heavy atom. The fraction of sp³-hybridized carbons (Fsp3) is 0.125. The second-order valence-electron chi connectivity index (χ2n) is 5.01. The Morgan fingerprint density at radius 1 is 1.09 bits per heavy atom. The van der Waals surface area contributed by atoms with Crippen LogP contribution >= 0.6 is 12.2 Å². The first kappa shape index (κ1) is 15.1. The van der Waals surface area contributed by atoms with Crippen LogP contribution in [-0.4, -0.2) is 34.2 Å². The predicted octanol–water partition coefficient (Wildman–Crippen LogP) is 3.07. The highest BCUT2D eigenvalue weighted by molar-refractivity contribution is 7.80. The largest absolute Gasteiger partial charge is 0.508 e. The number of carbonyl (C=O) groups is 1. The molecule has 6 nitrogen and oxygen atoms in total. The van der Waals surface area contributed by atoms with E-state index in [9.17, 15) is 9.90 Å². The van der Waals surface area contributed by atoms with E-state index in [1.165, 1.54) is 17.0 Å². The molecule has 1 saturated heterocycles. The first-order valence-corrected chi connectivity index (χ1v) is 7.34. The van der Waals surface area contributed by atoms with Gasteiger partial charge in [-0.1, -0.05) is 18.2 Å². The SMILES string of the molecule is CN1C(=S)N(c2ccccc2)C(=O)C1N=Nc1ccc(O)cc1. The van der Waals surface area contributed by atoms with E-state index in [-0.39, 0.29) is 11.7 Å². The van der Waals surface area contributed by atoms with Gasteiger partial charge in [0.05, 0.1) is 11.4 Å². The first-order valence-electron chi connectivity index (χ1n) is 6.93. The van der Waals surface area contributed by atoms with Crippen molar-refractivity contribution < 1.29 is 9.90 Å². The molecule has 1 fully saturated rings. The van der Waals surface area contributed by atoms with Crippen molar-refractivity contribution in [1.29, 1.82) is 0 Å². The van der Waals surface area contributed by atoms with Crippen LogP contribution < -0.4 is 4.90 Å². The van der Waals surface area contributed by atoms with E-state index in [1.807, 2.05) is 30.3 Å². The summed E-state index contributed by atoms with van der Waals surface area (Å²) in [6.07, 6.45) is -0.795. The number of aromatic hydroxyl groups is 1. The smallest absolute Gasteiger partial charge is 0.280 e. The monoisotopic (exact) mass is 326 g/mol. The molecule has 0 bridgehead atoms. The molecule has 1 aliphatic heterocycles. The van der Waals surface area contributed by atoms with Gasteiger partial charge in [-0.15, -0.1) is 0 Å². The Bertz CT molecular complexity index is 761. The quantitative estimate of drug-likeness (QED) is 0.695. The summed E-state index contributed by atoms with van der Waals surface area (Å²) in [5, 5.41) is 17.8. The summed E-state index contributed by atoms with van der Waals surface area (Å²) < 4.78 is 0. The first-order chi connectivity index (χ1) is 11.1. The van der Waals surface area contributed by atoms with Crippen molar-refractivity contribution in [3.8, 4) is 5.75 Å². The molecule has 1 heterocycles. The number of carbonyl (C=O) groups excluding carboxylic acids is 1. The van der Waals surface area contributed by atoms with Gasteiger partial charge >= 0.3 is 0 Å². The van der Waals surface area contributed by atoms with Crippen LogP contribution in [0.15, 0.2) is 64.8 Å². The minimum absolute atomic E-state index is 0.148. The molecule has 1 unspecified atom stereocenters. The van der Waals surface area contributed by atoms with E-state index in [1.54, 1.807) is 24.1 Å². The molecule has 2 aromatic rings. The van der Waals surface area contributed by atoms with Crippen LogP contribution in [0.3, 0.4) is 0 Å². The predicted molar refractivity (Wildman–Crippen MR) is 90.7 cm³/mol. The van der Waals surface area contributed by atoms with Crippen LogP contribution in [0.4, 0.5) is 11.4 Å². The highest BCUT2D eigenvalue weighted by atomic mass is 32.1. The summed E-state index contributed by atoms with van der Waals surface area (Å²) in [6.45, 7) is 0. The van der Waals surface area contributed by atoms with E-state index >= 15 is 0 Å². The molecule has 1 N–H and O–H groups in total. The number of para-hydroxylation sites is 1. The molecule has 0 saturated carbocycles. The molecule has 1 aliphatic rings. The van der Waals surface area contributed by atoms with E-state index in [4.69, 9.17) is 12.2 Å². The van der Waals surface area contributed by atoms with Crippen LogP contribution in [0.2, 0.25) is 0 Å². The van der Waals surface area contributed by atoms with Gasteiger partial charge < -0.3 is 10.0 Å². The standard InChI is InChI=1S/C16H14N4O2S/c1-19-14(18-17-11-7-9-13(21)10-8-11)15(22)20(16(19)23)12-5-3-2-4-6-12/h2-10,14,21H,1H3. The number of hydrogen-bond donors (Lipinski definition) is 1. The summed E-state index contributed by atoms with van der Waals surface area (Å²) >= 11 is 5.34. The molecule has 7 heteroatoms. The molecular formula is C16H14N4O2S. The van der Waals surface area contributed by atoms with Gasteiger partial charge in [0.15, 0.2) is 5.11 Å². The Morgan fingerprint density at radius 2 is 1.74 bits per heavy atom. The number of anilines is 1. The number of nitrogens with zero attached hydrogens (tertiary/aromatic N) is 4. The van der Waals surface area contributed by atoms with E-state index < -0.39 is 6.17 Å². The van der Waals surface area contributed by atoms with Crippen molar-refractivity contribution in [2.24, 2.45) is 10.2 Å². The molecule has 1 amide bonds. The highest BCUT2D eigenvalue weighted by Gasteiger charge is 2.41. The number of amides is 1. The minimum atomic E-state index is -0.795. The zero-order valence-electron chi connectivity index (χ0n) is 12.3. The van der Waals surface area contributed by atoms with Crippen LogP contribution in [0.1, 0.15) is 0 Å². The highest BCUT2D eigenvalue weighted by Crippen LogP contribution is 2.26. The number of rotatable bonds is 3. The third kappa shape index (κ3) is 2.91. The lowest BCUT2D eigenvalue weighted by molar-refractivity contribution is -0.119. The maximum atomic E-state index is 12.6. The molecule has 23 heavy (non-hydrogen) atoms. The number of thiocarbonyl (C=S) groups is 1. The summed E-state index contributed by atoms with van der Waals surface area (Å²) in [7, 11) is 1.71. The molecule has 116 valence electrons. The molecule has 0 aromatic heterocycles. The number of likely N-dealkylation sites (N-methyl/N-ethyl adjacent to an activating group) is 1. The van der Waals surface area contributed by atoms with Crippen LogP contribution in [0.25, 0.3) is 0 Å². The fourth-order valence-corrected chi connectivity index (χ4v) is 2.52. The van der Waals surface area contributed by atoms with Gasteiger partial charge in [0.1, 0.15) is 5.75 Å². The topological polar surface area (TPSA) is 68.5 Å². The molecule has 2 aromatic carbocycles. The zero-order chi connectivity index (χ0) is 16.4. The van der Waals surface area contributed by atoms with Crippen molar-refractivity contribution in [2.45, 2.75) is 6.17 Å². The average molecular weight is 326 g/mol. The summed E-state index contributed by atoms with van der Waals surface area (Å²) in [4.78, 5) is 15.7. The van der Waals surface area contributed by atoms with Crippen molar-refractivity contribution in [3.05, 3.63) is 54.6 Å². The van der Waals surface area contributed by atoms with Crippen LogP contribution in [0.5, 0.6) is 5.75 Å². The number of hydrogen-bond acceptors (Lipinski definition) is 5. The van der Waals surface area contributed by atoms with Gasteiger partial charge in [0.25, 0.3) is 5.91 Å². The second kappa shape index (κ2) is 6.13. The van der Waals surface area contributed by atoms with E-state index in [0.29, 0.717) is 16.5 Å². The molecule has 1 atom stereocenters. The summed E-state index contributed by atoms with van der Waals surface area (Å²) in [5.74, 6) is -0.0966. The van der Waals surface area contributed by atoms with Gasteiger partial charge in [-0.25, -0.2) is 0 Å². The summed E-state index contributed by atoms with van der Waals surface area (Å²) in [6, 6.07) is 15.4. The van der Waals surface area contributed by atoms with Crippen molar-refractivity contribution in [1.82, 2.24) is 4.90 Å². The molecule has 3 rings (SSSR count). The number of benzene rings is 2. The van der Waals surface area contributed by atoms with Crippen molar-refractivity contribution >= 4 is 34.6 Å². The Balaban J connectivity index is 1.85. The molecule has 0 aliphatic carbocycles. The number of phenols is 1. The van der Waals surface area contributed by atoms with Gasteiger partial charge in [0, 0.05) is 7.05 Å². The van der Waals surface area contributed by atoms with E-state index in [2.05, 4.69) is 10.2 Å². The van der Waals surface area contributed by atoms with Gasteiger partial charge in [-0.3, -0.25) is 9.69 Å². The Labute approximate surface area is 138 Å². The third-order valence-electron chi connectivity index (χ3n) is 3.45. The maximum Gasteiger partial charge on any atom is 0.280 e. The normalized spacial score (nSPS) is 18.2. The van der Waals surface area contributed by atoms with Crippen LogP contribution in [0, 0.1) is 0 Å². The van der Waals surface area contributed by atoms with Gasteiger partial charge in [0.2, 0.25) is 6.17 Å². The van der Waals surface area contributed by atoms with Crippen LogP contribution in [-0.2, 0) is 4.79 Å². The van der Waals surface area contributed by atoms with Gasteiger partial charge in [-0.2, -0.15) is 10.2 Å². The fourth-order valence-electron chi connectivity index (χ4n) is 2.22. The molecular weight excluding hydrogens is 312 g/mol.